The molecule has 6 aromatic rings. The zero-order chi connectivity index (χ0) is 20.8. The van der Waals surface area contributed by atoms with Crippen LogP contribution < -0.4 is 4.74 Å². The normalized spacial score (nSPS) is 11.4. The molecule has 2 heterocycles. The number of benzene rings is 4. The average molecular weight is 401 g/mol. The first-order valence-electron chi connectivity index (χ1n) is 10.3. The molecule has 0 fully saturated rings. The van der Waals surface area contributed by atoms with E-state index in [9.17, 15) is 0 Å². The number of hydrogen-bond donors (Lipinski definition) is 0. The lowest BCUT2D eigenvalue weighted by Gasteiger charge is -2.11. The summed E-state index contributed by atoms with van der Waals surface area (Å²) in [7, 11) is 1.67. The third-order valence-corrected chi connectivity index (χ3v) is 5.78. The predicted molar refractivity (Wildman–Crippen MR) is 126 cm³/mol. The second-order valence-corrected chi connectivity index (χ2v) is 7.61. The molecule has 0 saturated carbocycles. The molecule has 0 spiro atoms. The van der Waals surface area contributed by atoms with Gasteiger partial charge < -0.3 is 9.15 Å². The minimum absolute atomic E-state index is 0.827. The van der Waals surface area contributed by atoms with Crippen molar-refractivity contribution >= 4 is 32.6 Å². The van der Waals surface area contributed by atoms with Gasteiger partial charge in [-0.25, -0.2) is 4.98 Å². The van der Waals surface area contributed by atoms with Crippen LogP contribution in [0.3, 0.4) is 0 Å². The number of para-hydroxylation sites is 1. The maximum absolute atomic E-state index is 6.29. The van der Waals surface area contributed by atoms with Crippen molar-refractivity contribution in [1.29, 1.82) is 0 Å². The molecule has 0 bridgehead atoms. The molecule has 2 aromatic heterocycles. The first-order valence-corrected chi connectivity index (χ1v) is 10.3. The van der Waals surface area contributed by atoms with Crippen LogP contribution in [-0.2, 0) is 0 Å². The van der Waals surface area contributed by atoms with Crippen LogP contribution in [0.25, 0.3) is 55.2 Å². The summed E-state index contributed by atoms with van der Waals surface area (Å²) in [5, 5.41) is 4.55. The summed E-state index contributed by atoms with van der Waals surface area (Å²) < 4.78 is 11.6. The zero-order valence-electron chi connectivity index (χ0n) is 17.0. The number of rotatable bonds is 3. The van der Waals surface area contributed by atoms with Crippen molar-refractivity contribution in [3.05, 3.63) is 97.1 Å². The summed E-state index contributed by atoms with van der Waals surface area (Å²) in [4.78, 5) is 5.01. The van der Waals surface area contributed by atoms with Gasteiger partial charge in [0.25, 0.3) is 0 Å². The first-order chi connectivity index (χ1) is 15.3. The van der Waals surface area contributed by atoms with Crippen molar-refractivity contribution < 1.29 is 9.15 Å². The van der Waals surface area contributed by atoms with Crippen LogP contribution in [0.4, 0.5) is 0 Å². The maximum atomic E-state index is 6.29. The lowest BCUT2D eigenvalue weighted by atomic mass is 9.97. The van der Waals surface area contributed by atoms with Crippen molar-refractivity contribution in [2.75, 3.05) is 7.11 Å². The minimum Gasteiger partial charge on any atom is -0.497 e. The summed E-state index contributed by atoms with van der Waals surface area (Å²) in [5.74, 6) is 1.67. The molecule has 0 aliphatic heterocycles. The van der Waals surface area contributed by atoms with E-state index in [0.717, 1.165) is 50.2 Å². The molecule has 0 atom stereocenters. The van der Waals surface area contributed by atoms with Crippen LogP contribution in [0, 0.1) is 0 Å². The SMILES string of the molecule is COc1ccc(-c2cc(-c3cc4ccccc4o3)c3c(ccc4ccccc43)n2)cc1. The Balaban J connectivity index is 1.68. The first kappa shape index (κ1) is 17.7. The molecule has 3 nitrogen and oxygen atoms in total. The van der Waals surface area contributed by atoms with E-state index < -0.39 is 0 Å². The molecule has 4 aromatic carbocycles. The largest absolute Gasteiger partial charge is 0.497 e. The van der Waals surface area contributed by atoms with E-state index in [4.69, 9.17) is 14.1 Å². The van der Waals surface area contributed by atoms with Gasteiger partial charge in [-0.3, -0.25) is 0 Å². The van der Waals surface area contributed by atoms with Gasteiger partial charge in [0.2, 0.25) is 0 Å². The molecule has 0 radical (unpaired) electrons. The summed E-state index contributed by atoms with van der Waals surface area (Å²) >= 11 is 0. The third kappa shape index (κ3) is 2.94. The van der Waals surface area contributed by atoms with E-state index in [1.165, 1.54) is 10.8 Å². The number of fused-ring (bicyclic) bond motifs is 4. The highest BCUT2D eigenvalue weighted by Gasteiger charge is 2.15. The van der Waals surface area contributed by atoms with Gasteiger partial charge >= 0.3 is 0 Å². The third-order valence-electron chi connectivity index (χ3n) is 5.78. The number of aromatic nitrogens is 1. The molecule has 0 aliphatic carbocycles. The van der Waals surface area contributed by atoms with Gasteiger partial charge in [-0.15, -0.1) is 0 Å². The topological polar surface area (TPSA) is 35.3 Å². The van der Waals surface area contributed by atoms with Gasteiger partial charge in [0, 0.05) is 21.9 Å². The molecule has 0 saturated heterocycles. The van der Waals surface area contributed by atoms with E-state index in [1.807, 2.05) is 42.5 Å². The average Bonchev–Trinajstić information content (AvgIpc) is 3.27. The second kappa shape index (κ2) is 6.99. The predicted octanol–water partition coefficient (Wildman–Crippen LogP) is 7.48. The van der Waals surface area contributed by atoms with Gasteiger partial charge in [0.05, 0.1) is 18.3 Å². The Morgan fingerprint density at radius 3 is 2.32 bits per heavy atom. The Hall–Kier alpha value is -4.11. The number of pyridine rings is 1. The second-order valence-electron chi connectivity index (χ2n) is 7.61. The van der Waals surface area contributed by atoms with Crippen molar-refractivity contribution in [3.8, 4) is 28.3 Å². The van der Waals surface area contributed by atoms with Crippen LogP contribution in [-0.4, -0.2) is 12.1 Å². The van der Waals surface area contributed by atoms with Crippen molar-refractivity contribution in [1.82, 2.24) is 4.98 Å². The van der Waals surface area contributed by atoms with Crippen LogP contribution in [0.2, 0.25) is 0 Å². The molecule has 0 amide bonds. The maximum Gasteiger partial charge on any atom is 0.136 e. The lowest BCUT2D eigenvalue weighted by molar-refractivity contribution is 0.415. The van der Waals surface area contributed by atoms with Crippen LogP contribution in [0.5, 0.6) is 5.75 Å². The van der Waals surface area contributed by atoms with E-state index in [2.05, 4.69) is 54.6 Å². The Kier molecular flexibility index (Phi) is 4.00. The highest BCUT2D eigenvalue weighted by atomic mass is 16.5. The van der Waals surface area contributed by atoms with E-state index in [0.29, 0.717) is 0 Å². The fourth-order valence-electron chi connectivity index (χ4n) is 4.23. The van der Waals surface area contributed by atoms with E-state index in [-0.39, 0.29) is 0 Å². The van der Waals surface area contributed by atoms with Gasteiger partial charge in [-0.05, 0) is 59.3 Å². The van der Waals surface area contributed by atoms with Crippen LogP contribution >= 0.6 is 0 Å². The van der Waals surface area contributed by atoms with E-state index >= 15 is 0 Å². The van der Waals surface area contributed by atoms with Crippen molar-refractivity contribution in [2.45, 2.75) is 0 Å². The zero-order valence-corrected chi connectivity index (χ0v) is 17.0. The number of methoxy groups -OCH3 is 1. The number of furan rings is 1. The van der Waals surface area contributed by atoms with Crippen LogP contribution in [0.1, 0.15) is 0 Å². The molecule has 148 valence electrons. The Morgan fingerprint density at radius 2 is 1.52 bits per heavy atom. The summed E-state index contributed by atoms with van der Waals surface area (Å²) in [6.07, 6.45) is 0. The standard InChI is InChI=1S/C28H19NO2/c1-30-21-13-10-19(11-14-21)25-17-23(27-16-20-7-3-5-9-26(20)31-27)28-22-8-4-2-6-18(22)12-15-24(28)29-25/h2-17H,1H3. The summed E-state index contributed by atoms with van der Waals surface area (Å²) in [5.41, 5.74) is 4.81. The van der Waals surface area contributed by atoms with Gasteiger partial charge in [0.1, 0.15) is 17.1 Å². The number of hydrogen-bond acceptors (Lipinski definition) is 3. The van der Waals surface area contributed by atoms with Gasteiger partial charge in [0.15, 0.2) is 0 Å². The molecular formula is C28H19NO2. The summed E-state index contributed by atoms with van der Waals surface area (Å²) in [6, 6.07) is 33.0. The molecule has 3 heteroatoms. The van der Waals surface area contributed by atoms with Gasteiger partial charge in [-0.2, -0.15) is 0 Å². The lowest BCUT2D eigenvalue weighted by Crippen LogP contribution is -1.91. The molecule has 0 unspecified atom stereocenters. The van der Waals surface area contributed by atoms with E-state index in [1.54, 1.807) is 7.11 Å². The summed E-state index contributed by atoms with van der Waals surface area (Å²) in [6.45, 7) is 0. The van der Waals surface area contributed by atoms with Crippen molar-refractivity contribution in [2.24, 2.45) is 0 Å². The molecule has 0 N–H and O–H groups in total. The van der Waals surface area contributed by atoms with Gasteiger partial charge in [-0.1, -0.05) is 48.5 Å². The Morgan fingerprint density at radius 1 is 0.742 bits per heavy atom. The Labute approximate surface area is 179 Å². The molecular weight excluding hydrogens is 382 g/mol. The van der Waals surface area contributed by atoms with Crippen LogP contribution in [0.15, 0.2) is 101 Å². The quantitative estimate of drug-likeness (QED) is 0.288. The molecule has 31 heavy (non-hydrogen) atoms. The molecule has 0 aliphatic rings. The number of nitrogens with zero attached hydrogens (tertiary/aromatic N) is 1. The number of ether oxygens (including phenoxy) is 1. The smallest absolute Gasteiger partial charge is 0.136 e. The fraction of sp³-hybridized carbons (Fsp3) is 0.0357. The minimum atomic E-state index is 0.827. The Bertz CT molecular complexity index is 1530. The monoisotopic (exact) mass is 401 g/mol. The highest BCUT2D eigenvalue weighted by Crippen LogP contribution is 2.38. The molecule has 6 rings (SSSR count). The highest BCUT2D eigenvalue weighted by molar-refractivity contribution is 6.13. The van der Waals surface area contributed by atoms with Crippen molar-refractivity contribution in [3.63, 3.8) is 0 Å². The fourth-order valence-corrected chi connectivity index (χ4v) is 4.23.